The molecule has 2 atom stereocenters. The third-order valence-corrected chi connectivity index (χ3v) is 4.08. The first kappa shape index (κ1) is 12.5. The molecular weight excluding hydrogens is 214 g/mol. The van der Waals surface area contributed by atoms with Crippen molar-refractivity contribution in [1.82, 2.24) is 4.72 Å². The average Bonchev–Trinajstić information content (AvgIpc) is 2.58. The molecule has 1 aliphatic carbocycles. The minimum absolute atomic E-state index is 0.0210. The third kappa shape index (κ3) is 4.20. The molecule has 1 fully saturated rings. The van der Waals surface area contributed by atoms with Gasteiger partial charge in [-0.3, -0.25) is 9.52 Å². The molecule has 0 aromatic rings. The van der Waals surface area contributed by atoms with E-state index in [1.807, 2.05) is 27.7 Å². The van der Waals surface area contributed by atoms with Crippen LogP contribution in [0.4, 0.5) is 0 Å². The number of hydrogen-bond donors (Lipinski definition) is 1. The molecule has 15 heavy (non-hydrogen) atoms. The van der Waals surface area contributed by atoms with Crippen LogP contribution >= 0.6 is 0 Å². The van der Waals surface area contributed by atoms with Crippen molar-refractivity contribution in [2.24, 2.45) is 17.3 Å². The van der Waals surface area contributed by atoms with Crippen molar-refractivity contribution in [1.29, 1.82) is 0 Å². The topological polar surface area (TPSA) is 63.2 Å². The summed E-state index contributed by atoms with van der Waals surface area (Å²) in [6.07, 6.45) is 0.802. The SMILES string of the molecule is CC1CC1C(=O)NS(=O)(=O)CC(C)(C)C. The minimum Gasteiger partial charge on any atom is -0.274 e. The maximum absolute atomic E-state index is 11.6. The lowest BCUT2D eigenvalue weighted by Crippen LogP contribution is -2.37. The van der Waals surface area contributed by atoms with Gasteiger partial charge < -0.3 is 0 Å². The second kappa shape index (κ2) is 3.77. The van der Waals surface area contributed by atoms with Crippen LogP contribution in [0.2, 0.25) is 0 Å². The Hall–Kier alpha value is -0.580. The number of hydrogen-bond acceptors (Lipinski definition) is 3. The van der Waals surface area contributed by atoms with Crippen molar-refractivity contribution in [3.8, 4) is 0 Å². The molecule has 4 nitrogen and oxygen atoms in total. The van der Waals surface area contributed by atoms with Gasteiger partial charge in [-0.15, -0.1) is 0 Å². The van der Waals surface area contributed by atoms with Crippen LogP contribution in [0.15, 0.2) is 0 Å². The van der Waals surface area contributed by atoms with Crippen LogP contribution in [0.5, 0.6) is 0 Å². The minimum atomic E-state index is -3.47. The van der Waals surface area contributed by atoms with Gasteiger partial charge in [0.2, 0.25) is 15.9 Å². The monoisotopic (exact) mass is 233 g/mol. The maximum atomic E-state index is 11.6. The van der Waals surface area contributed by atoms with Gasteiger partial charge in [-0.05, 0) is 17.8 Å². The van der Waals surface area contributed by atoms with Gasteiger partial charge in [-0.2, -0.15) is 0 Å². The van der Waals surface area contributed by atoms with Gasteiger partial charge in [0.15, 0.2) is 0 Å². The summed E-state index contributed by atoms with van der Waals surface area (Å²) in [5.74, 6) is -0.131. The first-order chi connectivity index (χ1) is 6.61. The van der Waals surface area contributed by atoms with E-state index < -0.39 is 10.0 Å². The molecule has 1 N–H and O–H groups in total. The molecule has 0 bridgehead atoms. The number of amides is 1. The normalized spacial score (nSPS) is 26.1. The van der Waals surface area contributed by atoms with Crippen molar-refractivity contribution in [2.75, 3.05) is 5.75 Å². The summed E-state index contributed by atoms with van der Waals surface area (Å²) in [4.78, 5) is 11.4. The fourth-order valence-electron chi connectivity index (χ4n) is 1.52. The van der Waals surface area contributed by atoms with E-state index in [1.54, 1.807) is 0 Å². The van der Waals surface area contributed by atoms with Crippen molar-refractivity contribution in [3.05, 3.63) is 0 Å². The van der Waals surface area contributed by atoms with Crippen LogP contribution in [-0.4, -0.2) is 20.1 Å². The highest BCUT2D eigenvalue weighted by Gasteiger charge is 2.40. The molecule has 1 saturated carbocycles. The highest BCUT2D eigenvalue weighted by atomic mass is 32.2. The summed E-state index contributed by atoms with van der Waals surface area (Å²) < 4.78 is 25.3. The van der Waals surface area contributed by atoms with Gasteiger partial charge in [-0.25, -0.2) is 8.42 Å². The Kier molecular flexibility index (Phi) is 3.14. The standard InChI is InChI=1S/C10H19NO3S/c1-7-5-8(7)9(12)11-15(13,14)6-10(2,3)4/h7-8H,5-6H2,1-4H3,(H,11,12). The Labute approximate surface area is 91.5 Å². The number of rotatable bonds is 3. The molecule has 1 rings (SSSR count). The lowest BCUT2D eigenvalue weighted by atomic mass is 10.0. The van der Waals surface area contributed by atoms with Gasteiger partial charge in [0.1, 0.15) is 0 Å². The summed E-state index contributed by atoms with van der Waals surface area (Å²) in [5, 5.41) is 0. The Bertz CT molecular complexity index is 353. The lowest BCUT2D eigenvalue weighted by molar-refractivity contribution is -0.120. The summed E-state index contributed by atoms with van der Waals surface area (Å²) in [5.41, 5.74) is -0.332. The fourth-order valence-corrected chi connectivity index (χ4v) is 3.19. The van der Waals surface area contributed by atoms with E-state index in [1.165, 1.54) is 0 Å². The van der Waals surface area contributed by atoms with E-state index in [-0.39, 0.29) is 23.0 Å². The Morgan fingerprint density at radius 3 is 2.20 bits per heavy atom. The predicted octanol–water partition coefficient (Wildman–Crippen LogP) is 1.13. The van der Waals surface area contributed by atoms with Gasteiger partial charge in [0.05, 0.1) is 5.75 Å². The van der Waals surface area contributed by atoms with Crippen LogP contribution in [-0.2, 0) is 14.8 Å². The van der Waals surface area contributed by atoms with E-state index in [4.69, 9.17) is 0 Å². The highest BCUT2D eigenvalue weighted by molar-refractivity contribution is 7.90. The number of sulfonamides is 1. The summed E-state index contributed by atoms with van der Waals surface area (Å²) in [6.45, 7) is 7.43. The zero-order valence-electron chi connectivity index (χ0n) is 9.70. The molecule has 0 heterocycles. The quantitative estimate of drug-likeness (QED) is 0.795. The summed E-state index contributed by atoms with van der Waals surface area (Å²) in [7, 11) is -3.47. The molecule has 0 aromatic carbocycles. The van der Waals surface area contributed by atoms with Crippen LogP contribution in [0, 0.1) is 17.3 Å². The maximum Gasteiger partial charge on any atom is 0.236 e. The first-order valence-electron chi connectivity index (χ1n) is 5.15. The molecule has 1 amide bonds. The van der Waals surface area contributed by atoms with Gasteiger partial charge in [0.25, 0.3) is 0 Å². The second-order valence-corrected chi connectivity index (χ2v) is 7.33. The van der Waals surface area contributed by atoms with Crippen LogP contribution in [0.25, 0.3) is 0 Å². The van der Waals surface area contributed by atoms with Crippen molar-refractivity contribution >= 4 is 15.9 Å². The average molecular weight is 233 g/mol. The molecule has 0 radical (unpaired) electrons. The van der Waals surface area contributed by atoms with Gasteiger partial charge >= 0.3 is 0 Å². The zero-order chi connectivity index (χ0) is 11.9. The van der Waals surface area contributed by atoms with E-state index in [9.17, 15) is 13.2 Å². The predicted molar refractivity (Wildman–Crippen MR) is 58.7 cm³/mol. The fraction of sp³-hybridized carbons (Fsp3) is 0.900. The number of carbonyl (C=O) groups is 1. The molecule has 0 saturated heterocycles. The number of carbonyl (C=O) groups excluding carboxylic acids is 1. The summed E-state index contributed by atoms with van der Waals surface area (Å²) >= 11 is 0. The van der Waals surface area contributed by atoms with Crippen LogP contribution in [0.1, 0.15) is 34.1 Å². The van der Waals surface area contributed by atoms with Crippen molar-refractivity contribution in [3.63, 3.8) is 0 Å². The molecule has 1 aliphatic rings. The van der Waals surface area contributed by atoms with Crippen molar-refractivity contribution < 1.29 is 13.2 Å². The van der Waals surface area contributed by atoms with Crippen LogP contribution in [0.3, 0.4) is 0 Å². The Balaban J connectivity index is 2.53. The molecule has 2 unspecified atom stereocenters. The van der Waals surface area contributed by atoms with E-state index in [2.05, 4.69) is 4.72 Å². The Morgan fingerprint density at radius 1 is 1.40 bits per heavy atom. The van der Waals surface area contributed by atoms with Gasteiger partial charge in [0, 0.05) is 5.92 Å². The summed E-state index contributed by atoms with van der Waals surface area (Å²) in [6, 6.07) is 0. The smallest absolute Gasteiger partial charge is 0.236 e. The lowest BCUT2D eigenvalue weighted by Gasteiger charge is -2.18. The highest BCUT2D eigenvalue weighted by Crippen LogP contribution is 2.37. The third-order valence-electron chi connectivity index (χ3n) is 2.33. The van der Waals surface area contributed by atoms with Gasteiger partial charge in [-0.1, -0.05) is 27.7 Å². The van der Waals surface area contributed by atoms with Crippen LogP contribution < -0.4 is 4.72 Å². The molecule has 5 heteroatoms. The molecule has 88 valence electrons. The molecule has 0 spiro atoms. The molecule has 0 aliphatic heterocycles. The second-order valence-electron chi connectivity index (χ2n) is 5.61. The van der Waals surface area contributed by atoms with Crippen molar-refractivity contribution in [2.45, 2.75) is 34.1 Å². The van der Waals surface area contributed by atoms with E-state index in [0.29, 0.717) is 5.92 Å². The van der Waals surface area contributed by atoms with E-state index >= 15 is 0 Å². The number of nitrogens with one attached hydrogen (secondary N) is 1. The zero-order valence-corrected chi connectivity index (χ0v) is 10.5. The Morgan fingerprint density at radius 2 is 1.87 bits per heavy atom. The first-order valence-corrected chi connectivity index (χ1v) is 6.80. The largest absolute Gasteiger partial charge is 0.274 e. The molecule has 0 aromatic heterocycles. The molecular formula is C10H19NO3S. The van der Waals surface area contributed by atoms with E-state index in [0.717, 1.165) is 6.42 Å².